The zero-order chi connectivity index (χ0) is 24.9. The summed E-state index contributed by atoms with van der Waals surface area (Å²) >= 11 is 0. The summed E-state index contributed by atoms with van der Waals surface area (Å²) in [6, 6.07) is 7.45. The largest absolute Gasteiger partial charge is 0.466 e. The number of esters is 1. The summed E-state index contributed by atoms with van der Waals surface area (Å²) in [5.74, 6) is -2.77. The van der Waals surface area contributed by atoms with Crippen LogP contribution in [0.15, 0.2) is 30.3 Å². The molecule has 2 unspecified atom stereocenters. The lowest BCUT2D eigenvalue weighted by molar-refractivity contribution is -0.162. The number of hydrogen-bond donors (Lipinski definition) is 2. The van der Waals surface area contributed by atoms with Crippen molar-refractivity contribution >= 4 is 17.8 Å². The first-order chi connectivity index (χ1) is 16.0. The van der Waals surface area contributed by atoms with Crippen molar-refractivity contribution in [3.05, 3.63) is 35.9 Å². The lowest BCUT2D eigenvalue weighted by Crippen LogP contribution is -2.59. The molecule has 2 amide bonds. The number of rotatable bonds is 7. The van der Waals surface area contributed by atoms with E-state index in [9.17, 15) is 19.5 Å². The number of amides is 2. The van der Waals surface area contributed by atoms with Crippen molar-refractivity contribution in [2.24, 2.45) is 11.8 Å². The van der Waals surface area contributed by atoms with E-state index >= 15 is 0 Å². The maximum atomic E-state index is 14.2. The molecular weight excluding hydrogens is 436 g/mol. The number of benzene rings is 1. The monoisotopic (exact) mass is 472 g/mol. The summed E-state index contributed by atoms with van der Waals surface area (Å²) in [5, 5.41) is 13.4. The summed E-state index contributed by atoms with van der Waals surface area (Å²) in [4.78, 5) is 42.6. The number of aliphatic hydroxyl groups is 1. The first-order valence-corrected chi connectivity index (χ1v) is 12.2. The van der Waals surface area contributed by atoms with Gasteiger partial charge in [-0.1, -0.05) is 37.3 Å². The Bertz CT molecular complexity index is 960. The fourth-order valence-corrected chi connectivity index (χ4v) is 6.35. The van der Waals surface area contributed by atoms with Crippen molar-refractivity contribution in [2.75, 3.05) is 13.2 Å². The van der Waals surface area contributed by atoms with E-state index in [1.54, 1.807) is 6.92 Å². The summed E-state index contributed by atoms with van der Waals surface area (Å²) < 4.78 is 12.1. The molecule has 1 spiro atoms. The van der Waals surface area contributed by atoms with Crippen molar-refractivity contribution in [3.8, 4) is 0 Å². The van der Waals surface area contributed by atoms with Crippen LogP contribution in [0.3, 0.4) is 0 Å². The molecule has 34 heavy (non-hydrogen) atoms. The normalized spacial score (nSPS) is 33.1. The lowest BCUT2D eigenvalue weighted by atomic mass is 9.65. The Morgan fingerprint density at radius 2 is 1.91 bits per heavy atom. The second-order valence-corrected chi connectivity index (χ2v) is 10.7. The fraction of sp³-hybridized carbons (Fsp3) is 0.654. The van der Waals surface area contributed by atoms with Crippen LogP contribution >= 0.6 is 0 Å². The summed E-state index contributed by atoms with van der Waals surface area (Å²) in [6.45, 7) is 9.15. The van der Waals surface area contributed by atoms with Crippen LogP contribution in [-0.2, 0) is 23.9 Å². The fourth-order valence-electron chi connectivity index (χ4n) is 6.35. The SMILES string of the molecule is CCOC(=O)[C@H]1[C@H]2C(=O)N([C@H](CO)c3ccccc3)C(C(=O)NC(C)(C)C)C23CC[C@]1(CC)O3. The van der Waals surface area contributed by atoms with Gasteiger partial charge in [-0.25, -0.2) is 0 Å². The van der Waals surface area contributed by atoms with Crippen LogP contribution in [0.1, 0.15) is 65.5 Å². The number of nitrogens with zero attached hydrogens (tertiary/aromatic N) is 1. The molecule has 0 aliphatic carbocycles. The molecule has 8 heteroatoms. The van der Waals surface area contributed by atoms with Crippen LogP contribution in [0.25, 0.3) is 0 Å². The number of carbonyl (C=O) groups is 3. The molecule has 0 saturated carbocycles. The van der Waals surface area contributed by atoms with Crippen LogP contribution in [0.2, 0.25) is 0 Å². The van der Waals surface area contributed by atoms with Gasteiger partial charge in [-0.3, -0.25) is 14.4 Å². The molecule has 8 nitrogen and oxygen atoms in total. The molecular formula is C26H36N2O6. The number of ether oxygens (including phenoxy) is 2. The molecule has 0 radical (unpaired) electrons. The average Bonchev–Trinajstić information content (AvgIpc) is 3.38. The standard InChI is InChI=1S/C26H36N2O6/c1-6-25-13-14-26(34-25)18(19(25)23(32)33-7-2)22(31)28(20(26)21(30)27-24(3,4)5)17(15-29)16-11-9-8-10-12-16/h8-12,17-20,29H,6-7,13-15H2,1-5H3,(H,27,30)/t17-,18+,19-,20?,25+,26?/m1/s1. The van der Waals surface area contributed by atoms with E-state index in [0.717, 1.165) is 5.56 Å². The van der Waals surface area contributed by atoms with Crippen molar-refractivity contribution in [1.29, 1.82) is 0 Å². The van der Waals surface area contributed by atoms with Gasteiger partial charge in [0.1, 0.15) is 17.6 Å². The highest BCUT2D eigenvalue weighted by Crippen LogP contribution is 2.65. The highest BCUT2D eigenvalue weighted by atomic mass is 16.6. The van der Waals surface area contributed by atoms with Gasteiger partial charge in [0.25, 0.3) is 0 Å². The molecule has 186 valence electrons. The Hall–Kier alpha value is -2.45. The van der Waals surface area contributed by atoms with E-state index < -0.39 is 46.6 Å². The third-order valence-corrected chi connectivity index (χ3v) is 7.60. The Morgan fingerprint density at radius 3 is 2.47 bits per heavy atom. The van der Waals surface area contributed by atoms with Gasteiger partial charge in [0, 0.05) is 5.54 Å². The molecule has 3 aliphatic rings. The zero-order valence-electron chi connectivity index (χ0n) is 20.7. The van der Waals surface area contributed by atoms with Crippen molar-refractivity contribution in [1.82, 2.24) is 10.2 Å². The van der Waals surface area contributed by atoms with Gasteiger partial charge < -0.3 is 24.8 Å². The second-order valence-electron chi connectivity index (χ2n) is 10.7. The Kier molecular flexibility index (Phi) is 6.27. The predicted octanol–water partition coefficient (Wildman–Crippen LogP) is 2.35. The zero-order valence-corrected chi connectivity index (χ0v) is 20.7. The highest BCUT2D eigenvalue weighted by Gasteiger charge is 2.79. The minimum absolute atomic E-state index is 0.198. The van der Waals surface area contributed by atoms with Gasteiger partial charge in [-0.15, -0.1) is 0 Å². The molecule has 3 aliphatic heterocycles. The van der Waals surface area contributed by atoms with Gasteiger partial charge in [-0.2, -0.15) is 0 Å². The van der Waals surface area contributed by atoms with E-state index in [2.05, 4.69) is 5.32 Å². The number of likely N-dealkylation sites (tertiary alicyclic amines) is 1. The molecule has 2 bridgehead atoms. The van der Waals surface area contributed by atoms with Crippen LogP contribution in [0.5, 0.6) is 0 Å². The average molecular weight is 473 g/mol. The van der Waals surface area contributed by atoms with E-state index in [1.807, 2.05) is 58.0 Å². The van der Waals surface area contributed by atoms with Gasteiger partial charge >= 0.3 is 5.97 Å². The molecule has 3 heterocycles. The predicted molar refractivity (Wildman–Crippen MR) is 124 cm³/mol. The third kappa shape index (κ3) is 3.62. The molecule has 2 N–H and O–H groups in total. The smallest absolute Gasteiger partial charge is 0.312 e. The number of hydrogen-bond acceptors (Lipinski definition) is 6. The molecule has 6 atom stereocenters. The first kappa shape index (κ1) is 24.7. The molecule has 4 rings (SSSR count). The maximum absolute atomic E-state index is 14.2. The highest BCUT2D eigenvalue weighted by molar-refractivity contribution is 5.99. The summed E-state index contributed by atoms with van der Waals surface area (Å²) in [7, 11) is 0. The first-order valence-electron chi connectivity index (χ1n) is 12.2. The number of carbonyl (C=O) groups excluding carboxylic acids is 3. The van der Waals surface area contributed by atoms with Gasteiger partial charge in [0.2, 0.25) is 11.8 Å². The topological polar surface area (TPSA) is 105 Å². The van der Waals surface area contributed by atoms with Crippen LogP contribution in [0, 0.1) is 11.8 Å². The van der Waals surface area contributed by atoms with Crippen LogP contribution in [-0.4, -0.2) is 63.8 Å². The molecule has 3 saturated heterocycles. The third-order valence-electron chi connectivity index (χ3n) is 7.60. The molecule has 1 aromatic carbocycles. The van der Waals surface area contributed by atoms with Crippen molar-refractivity contribution < 1.29 is 29.0 Å². The summed E-state index contributed by atoms with van der Waals surface area (Å²) in [5.41, 5.74) is -1.81. The van der Waals surface area contributed by atoms with Gasteiger partial charge in [0.15, 0.2) is 0 Å². The van der Waals surface area contributed by atoms with Crippen LogP contribution < -0.4 is 5.32 Å². The Labute approximate surface area is 201 Å². The van der Waals surface area contributed by atoms with Crippen molar-refractivity contribution in [2.45, 2.75) is 82.7 Å². The summed E-state index contributed by atoms with van der Waals surface area (Å²) in [6.07, 6.45) is 1.59. The number of fused-ring (bicyclic) bond motifs is 1. The quantitative estimate of drug-likeness (QED) is 0.591. The minimum Gasteiger partial charge on any atom is -0.466 e. The molecule has 3 fully saturated rings. The Morgan fingerprint density at radius 1 is 1.24 bits per heavy atom. The second kappa shape index (κ2) is 8.64. The van der Waals surface area contributed by atoms with Gasteiger partial charge in [-0.05, 0) is 52.5 Å². The molecule has 0 aromatic heterocycles. The number of aliphatic hydroxyl groups excluding tert-OH is 1. The van der Waals surface area contributed by atoms with E-state index in [-0.39, 0.29) is 25.0 Å². The maximum Gasteiger partial charge on any atom is 0.312 e. The minimum atomic E-state index is -1.15. The van der Waals surface area contributed by atoms with E-state index in [4.69, 9.17) is 9.47 Å². The number of nitrogens with one attached hydrogen (secondary N) is 1. The van der Waals surface area contributed by atoms with Crippen molar-refractivity contribution in [3.63, 3.8) is 0 Å². The van der Waals surface area contributed by atoms with Crippen LogP contribution in [0.4, 0.5) is 0 Å². The van der Waals surface area contributed by atoms with E-state index in [0.29, 0.717) is 19.3 Å². The Balaban J connectivity index is 1.86. The van der Waals surface area contributed by atoms with Gasteiger partial charge in [0.05, 0.1) is 30.8 Å². The molecule has 1 aromatic rings. The lowest BCUT2D eigenvalue weighted by Gasteiger charge is -2.38. The van der Waals surface area contributed by atoms with E-state index in [1.165, 1.54) is 4.90 Å².